The van der Waals surface area contributed by atoms with Gasteiger partial charge in [-0.2, -0.15) is 13.2 Å². The maximum Gasteiger partial charge on any atom is 0.427 e. The molecule has 4 amide bonds. The number of sulfonamides is 1. The quantitative estimate of drug-likeness (QED) is 0.208. The fourth-order valence-electron chi connectivity index (χ4n) is 8.64. The Morgan fingerprint density at radius 1 is 1.08 bits per heavy atom. The Morgan fingerprint density at radius 3 is 2.40 bits per heavy atom. The van der Waals surface area contributed by atoms with E-state index in [0.29, 0.717) is 76.6 Å². The SMILES string of the molecule is CCC1CC(C)CCC=CC2CC2(C(=O)NS(=O)(=O)C2(C)CC2)NC(=O)C2CC(Oc3ncc(N(CC)CC)c4cc(OC)ccc34)CN2C(=O)C1NC(=O)OC(C)(C)C(F)(F)F. The van der Waals surface area contributed by atoms with Crippen LogP contribution >= 0.6 is 0 Å². The first kappa shape index (κ1) is 47.7. The highest BCUT2D eigenvalue weighted by Gasteiger charge is 2.63. The van der Waals surface area contributed by atoms with Crippen LogP contribution in [0, 0.1) is 17.8 Å². The Bertz CT molecular complexity index is 2210. The van der Waals surface area contributed by atoms with E-state index in [2.05, 4.69) is 25.2 Å². The van der Waals surface area contributed by atoms with E-state index in [4.69, 9.17) is 14.2 Å². The van der Waals surface area contributed by atoms with Gasteiger partial charge in [0, 0.05) is 36.2 Å². The minimum absolute atomic E-state index is 0.0383. The third kappa shape index (κ3) is 9.82. The molecule has 63 heavy (non-hydrogen) atoms. The summed E-state index contributed by atoms with van der Waals surface area (Å²) in [5.74, 6) is -2.80. The monoisotopic (exact) mass is 906 g/mol. The van der Waals surface area contributed by atoms with Crippen LogP contribution in [0.25, 0.3) is 10.8 Å². The lowest BCUT2D eigenvalue weighted by Gasteiger charge is -2.35. The standard InChI is InChI=1S/C44H61F3N6O9S/c1-9-27-20-26(4)14-12-13-15-28-23-43(28,39(56)51-63(58,59)42(7)18-19-42)50-36(54)33-22-30(25-53(33)38(55)35(27)49-40(57)62-41(5,6)44(45,46)47)61-37-31-17-16-29(60-8)21-32(31)34(24-48-37)52(10-2)11-3/h13,15-17,21,24,26-28,30,33,35H,9-12,14,18-20,22-23,25H2,1-8H3,(H,49,57)(H,50,54)(H,51,56). The van der Waals surface area contributed by atoms with Crippen molar-refractivity contribution < 1.29 is 55.0 Å². The number of amides is 4. The highest BCUT2D eigenvalue weighted by molar-refractivity contribution is 7.91. The van der Waals surface area contributed by atoms with Crippen LogP contribution in [0.1, 0.15) is 99.8 Å². The molecule has 2 saturated carbocycles. The number of allylic oxidation sites excluding steroid dienone is 1. The summed E-state index contributed by atoms with van der Waals surface area (Å²) in [7, 11) is -2.53. The molecular weight excluding hydrogens is 846 g/mol. The van der Waals surface area contributed by atoms with Gasteiger partial charge in [-0.1, -0.05) is 32.4 Å². The largest absolute Gasteiger partial charge is 0.497 e. The molecule has 3 N–H and O–H groups in total. The van der Waals surface area contributed by atoms with Crippen LogP contribution < -0.4 is 29.7 Å². The van der Waals surface area contributed by atoms with Crippen LogP contribution in [0.3, 0.4) is 0 Å². The van der Waals surface area contributed by atoms with Crippen molar-refractivity contribution in [3.05, 3.63) is 36.5 Å². The molecule has 2 aromatic rings. The molecule has 2 aliphatic heterocycles. The topological polar surface area (TPSA) is 186 Å². The van der Waals surface area contributed by atoms with Crippen molar-refractivity contribution in [1.29, 1.82) is 0 Å². The number of methoxy groups -OCH3 is 1. The van der Waals surface area contributed by atoms with Crippen LogP contribution in [-0.4, -0.2) is 109 Å². The van der Waals surface area contributed by atoms with E-state index in [0.717, 1.165) is 11.1 Å². The zero-order valence-corrected chi connectivity index (χ0v) is 38.1. The average Bonchev–Trinajstić information content (AvgIpc) is 4.10. The number of pyridine rings is 1. The van der Waals surface area contributed by atoms with Crippen molar-refractivity contribution in [2.45, 2.75) is 140 Å². The van der Waals surface area contributed by atoms with Gasteiger partial charge in [0.1, 0.15) is 29.5 Å². The van der Waals surface area contributed by atoms with Crippen LogP contribution in [0.15, 0.2) is 36.5 Å². The van der Waals surface area contributed by atoms with Gasteiger partial charge < -0.3 is 34.6 Å². The minimum atomic E-state index is -4.92. The molecule has 3 fully saturated rings. The number of hydrogen-bond donors (Lipinski definition) is 3. The maximum absolute atomic E-state index is 15.1. The van der Waals surface area contributed by atoms with E-state index in [1.165, 1.54) is 4.90 Å². The number of alkyl halides is 3. The Balaban J connectivity index is 1.40. The predicted octanol–water partition coefficient (Wildman–Crippen LogP) is 6.15. The first-order chi connectivity index (χ1) is 29.5. The molecule has 0 spiro atoms. The summed E-state index contributed by atoms with van der Waals surface area (Å²) >= 11 is 0. The van der Waals surface area contributed by atoms with Gasteiger partial charge in [0.15, 0.2) is 0 Å². The second-order valence-corrected chi connectivity index (χ2v) is 20.4. The molecule has 4 aliphatic rings. The van der Waals surface area contributed by atoms with E-state index in [-0.39, 0.29) is 31.2 Å². The third-order valence-corrected chi connectivity index (χ3v) is 15.5. The Labute approximate surface area is 367 Å². The highest BCUT2D eigenvalue weighted by Crippen LogP contribution is 2.48. The number of halogens is 3. The summed E-state index contributed by atoms with van der Waals surface area (Å²) in [6, 6.07) is 2.66. The molecule has 1 aromatic carbocycles. The number of ether oxygens (including phenoxy) is 3. The number of nitrogens with one attached hydrogen (secondary N) is 3. The highest BCUT2D eigenvalue weighted by atomic mass is 32.2. The van der Waals surface area contributed by atoms with Crippen molar-refractivity contribution in [2.24, 2.45) is 17.8 Å². The Hall–Kier alpha value is -4.81. The lowest BCUT2D eigenvalue weighted by atomic mass is 9.85. The van der Waals surface area contributed by atoms with Gasteiger partial charge in [-0.3, -0.25) is 19.1 Å². The van der Waals surface area contributed by atoms with Gasteiger partial charge in [0.25, 0.3) is 5.91 Å². The van der Waals surface area contributed by atoms with Crippen molar-refractivity contribution in [3.8, 4) is 11.6 Å². The number of anilines is 1. The molecule has 0 radical (unpaired) electrons. The lowest BCUT2D eigenvalue weighted by Crippen LogP contribution is -2.60. The molecule has 6 rings (SSSR count). The normalized spacial score (nSPS) is 27.5. The van der Waals surface area contributed by atoms with E-state index < -0.39 is 85.9 Å². The molecule has 348 valence electrons. The average molecular weight is 907 g/mol. The molecule has 15 nitrogen and oxygen atoms in total. The van der Waals surface area contributed by atoms with Crippen LogP contribution in [0.4, 0.5) is 23.7 Å². The summed E-state index contributed by atoms with van der Waals surface area (Å²) < 4.78 is 86.3. The summed E-state index contributed by atoms with van der Waals surface area (Å²) in [6.45, 7) is 11.9. The van der Waals surface area contributed by atoms with Crippen LogP contribution in [0.5, 0.6) is 11.6 Å². The minimum Gasteiger partial charge on any atom is -0.497 e. The fourth-order valence-corrected chi connectivity index (χ4v) is 9.95. The number of carbonyl (C=O) groups excluding carboxylic acids is 4. The van der Waals surface area contributed by atoms with E-state index in [1.54, 1.807) is 45.4 Å². The number of nitrogens with zero attached hydrogens (tertiary/aromatic N) is 3. The second-order valence-electron chi connectivity index (χ2n) is 18.2. The number of rotatable bonds is 12. The van der Waals surface area contributed by atoms with Gasteiger partial charge in [0.2, 0.25) is 33.3 Å². The third-order valence-electron chi connectivity index (χ3n) is 13.3. The van der Waals surface area contributed by atoms with Gasteiger partial charge in [0.05, 0.1) is 30.3 Å². The molecule has 3 heterocycles. The Morgan fingerprint density at radius 2 is 1.78 bits per heavy atom. The summed E-state index contributed by atoms with van der Waals surface area (Å²) in [5.41, 5.74) is -3.71. The Kier molecular flexibility index (Phi) is 13.6. The molecule has 7 unspecified atom stereocenters. The van der Waals surface area contributed by atoms with Gasteiger partial charge in [-0.25, -0.2) is 18.2 Å². The predicted molar refractivity (Wildman–Crippen MR) is 230 cm³/mol. The molecule has 19 heteroatoms. The van der Waals surface area contributed by atoms with Gasteiger partial charge >= 0.3 is 12.3 Å². The fraction of sp³-hybridized carbons (Fsp3) is 0.659. The van der Waals surface area contributed by atoms with Gasteiger partial charge in [-0.15, -0.1) is 0 Å². The molecule has 2 aliphatic carbocycles. The van der Waals surface area contributed by atoms with E-state index >= 15 is 4.79 Å². The summed E-state index contributed by atoms with van der Waals surface area (Å²) in [4.78, 5) is 65.2. The number of carbonyl (C=O) groups is 4. The summed E-state index contributed by atoms with van der Waals surface area (Å²) in [6.07, 6.45) is 0.714. The number of alkyl carbamates (subject to hydrolysis) is 1. The molecular formula is C44H61F3N6O9S. The molecule has 7 atom stereocenters. The zero-order chi connectivity index (χ0) is 46.3. The molecule has 1 saturated heterocycles. The van der Waals surface area contributed by atoms with E-state index in [1.807, 2.05) is 32.9 Å². The van der Waals surface area contributed by atoms with E-state index in [9.17, 15) is 36.0 Å². The molecule has 0 bridgehead atoms. The zero-order valence-electron chi connectivity index (χ0n) is 37.3. The maximum atomic E-state index is 15.1. The van der Waals surface area contributed by atoms with Crippen molar-refractivity contribution >= 4 is 50.3 Å². The lowest BCUT2D eigenvalue weighted by molar-refractivity contribution is -0.244. The first-order valence-electron chi connectivity index (χ1n) is 21.8. The van der Waals surface area contributed by atoms with Crippen LogP contribution in [0.2, 0.25) is 0 Å². The van der Waals surface area contributed by atoms with Gasteiger partial charge in [-0.05, 0) is 103 Å². The number of fused-ring (bicyclic) bond motifs is 3. The smallest absolute Gasteiger partial charge is 0.427 e. The number of benzene rings is 1. The number of hydrogen-bond acceptors (Lipinski definition) is 11. The van der Waals surface area contributed by atoms with Crippen molar-refractivity contribution in [2.75, 3.05) is 31.6 Å². The van der Waals surface area contributed by atoms with Crippen LogP contribution in [-0.2, 0) is 29.1 Å². The van der Waals surface area contributed by atoms with Crippen molar-refractivity contribution in [3.63, 3.8) is 0 Å². The number of aromatic nitrogens is 1. The first-order valence-corrected chi connectivity index (χ1v) is 23.3. The van der Waals surface area contributed by atoms with Crippen molar-refractivity contribution in [1.82, 2.24) is 25.2 Å². The second kappa shape index (κ2) is 18.0. The summed E-state index contributed by atoms with van der Waals surface area (Å²) in [5, 5.41) is 6.70. The molecule has 1 aromatic heterocycles.